The van der Waals surface area contributed by atoms with Crippen LogP contribution in [-0.2, 0) is 20.6 Å². The van der Waals surface area contributed by atoms with E-state index in [4.69, 9.17) is 11.6 Å². The first-order chi connectivity index (χ1) is 13.0. The SMILES string of the molecule is Cn1c(=O)c2c(nc(NC3CCCC3)n2Cc2cccc(Cl)c2)n(C)c1=O. The Hall–Kier alpha value is -2.54. The van der Waals surface area contributed by atoms with Crippen LogP contribution in [-0.4, -0.2) is 24.7 Å². The topological polar surface area (TPSA) is 73.8 Å². The van der Waals surface area contributed by atoms with Gasteiger partial charge >= 0.3 is 5.69 Å². The van der Waals surface area contributed by atoms with E-state index in [1.165, 1.54) is 24.5 Å². The van der Waals surface area contributed by atoms with E-state index >= 15 is 0 Å². The van der Waals surface area contributed by atoms with Crippen molar-refractivity contribution in [3.8, 4) is 0 Å². The number of halogens is 1. The molecule has 1 aromatic carbocycles. The monoisotopic (exact) mass is 387 g/mol. The van der Waals surface area contributed by atoms with Crippen molar-refractivity contribution >= 4 is 28.7 Å². The zero-order valence-corrected chi connectivity index (χ0v) is 16.2. The second kappa shape index (κ2) is 6.88. The average Bonchev–Trinajstić information content (AvgIpc) is 3.27. The average molecular weight is 388 g/mol. The van der Waals surface area contributed by atoms with Gasteiger partial charge in [-0.05, 0) is 30.5 Å². The van der Waals surface area contributed by atoms with Crippen molar-refractivity contribution in [2.24, 2.45) is 14.1 Å². The van der Waals surface area contributed by atoms with E-state index in [1.807, 2.05) is 28.8 Å². The molecular formula is C19H22ClN5O2. The molecule has 0 unspecified atom stereocenters. The quantitative estimate of drug-likeness (QED) is 0.746. The predicted octanol–water partition coefficient (Wildman–Crippen LogP) is 2.49. The van der Waals surface area contributed by atoms with Gasteiger partial charge in [0.2, 0.25) is 5.95 Å². The molecule has 4 rings (SSSR count). The van der Waals surface area contributed by atoms with Crippen LogP contribution in [0.5, 0.6) is 0 Å². The Morgan fingerprint density at radius 1 is 1.19 bits per heavy atom. The molecular weight excluding hydrogens is 366 g/mol. The van der Waals surface area contributed by atoms with Crippen molar-refractivity contribution < 1.29 is 0 Å². The minimum absolute atomic E-state index is 0.334. The van der Waals surface area contributed by atoms with E-state index in [0.717, 1.165) is 23.0 Å². The highest BCUT2D eigenvalue weighted by molar-refractivity contribution is 6.30. The van der Waals surface area contributed by atoms with Crippen LogP contribution in [0.2, 0.25) is 5.02 Å². The van der Waals surface area contributed by atoms with Gasteiger partial charge in [0.15, 0.2) is 11.2 Å². The van der Waals surface area contributed by atoms with Crippen molar-refractivity contribution in [1.82, 2.24) is 18.7 Å². The van der Waals surface area contributed by atoms with E-state index < -0.39 is 0 Å². The molecule has 8 heteroatoms. The molecule has 0 spiro atoms. The zero-order chi connectivity index (χ0) is 19.1. The summed E-state index contributed by atoms with van der Waals surface area (Å²) in [6.07, 6.45) is 4.54. The van der Waals surface area contributed by atoms with Gasteiger partial charge in [0.05, 0.1) is 6.54 Å². The molecule has 2 heterocycles. The lowest BCUT2D eigenvalue weighted by Gasteiger charge is -2.15. The number of rotatable bonds is 4. The number of aromatic nitrogens is 4. The molecule has 0 atom stereocenters. The van der Waals surface area contributed by atoms with Gasteiger partial charge in [-0.25, -0.2) is 4.79 Å². The number of nitrogens with one attached hydrogen (secondary N) is 1. The van der Waals surface area contributed by atoms with Gasteiger partial charge in [-0.15, -0.1) is 0 Å². The van der Waals surface area contributed by atoms with Crippen LogP contribution in [0.1, 0.15) is 31.2 Å². The van der Waals surface area contributed by atoms with Crippen molar-refractivity contribution in [3.05, 3.63) is 55.7 Å². The Morgan fingerprint density at radius 3 is 2.63 bits per heavy atom. The maximum Gasteiger partial charge on any atom is 0.332 e. The molecule has 1 saturated carbocycles. The fraction of sp³-hybridized carbons (Fsp3) is 0.421. The fourth-order valence-electron chi connectivity index (χ4n) is 3.78. The molecule has 3 aromatic rings. The number of hydrogen-bond donors (Lipinski definition) is 1. The molecule has 27 heavy (non-hydrogen) atoms. The maximum atomic E-state index is 12.9. The summed E-state index contributed by atoms with van der Waals surface area (Å²) in [4.78, 5) is 29.8. The fourth-order valence-corrected chi connectivity index (χ4v) is 3.99. The Morgan fingerprint density at radius 2 is 1.93 bits per heavy atom. The Kier molecular flexibility index (Phi) is 4.55. The van der Waals surface area contributed by atoms with Crippen LogP contribution in [0.4, 0.5) is 5.95 Å². The highest BCUT2D eigenvalue weighted by atomic mass is 35.5. The van der Waals surface area contributed by atoms with Gasteiger partial charge in [0.1, 0.15) is 0 Å². The van der Waals surface area contributed by atoms with Crippen LogP contribution in [0.3, 0.4) is 0 Å². The normalized spacial score (nSPS) is 14.9. The van der Waals surface area contributed by atoms with Crippen LogP contribution < -0.4 is 16.6 Å². The lowest BCUT2D eigenvalue weighted by molar-refractivity contribution is 0.700. The van der Waals surface area contributed by atoms with Crippen LogP contribution in [0, 0.1) is 0 Å². The van der Waals surface area contributed by atoms with Crippen LogP contribution >= 0.6 is 11.6 Å². The lowest BCUT2D eigenvalue weighted by Crippen LogP contribution is -2.37. The summed E-state index contributed by atoms with van der Waals surface area (Å²) in [7, 11) is 3.13. The first kappa shape index (κ1) is 17.9. The number of hydrogen-bond acceptors (Lipinski definition) is 4. The summed E-state index contributed by atoms with van der Waals surface area (Å²) in [5.74, 6) is 0.621. The smallest absolute Gasteiger partial charge is 0.332 e. The first-order valence-electron chi connectivity index (χ1n) is 9.13. The number of benzene rings is 1. The molecule has 0 radical (unpaired) electrons. The summed E-state index contributed by atoms with van der Waals surface area (Å²) in [5.41, 5.74) is 1.05. The summed E-state index contributed by atoms with van der Waals surface area (Å²) in [6, 6.07) is 7.87. The van der Waals surface area contributed by atoms with Crippen molar-refractivity contribution in [1.29, 1.82) is 0 Å². The molecule has 1 fully saturated rings. The molecule has 0 bridgehead atoms. The standard InChI is InChI=1S/C19H22ClN5O2/c1-23-16-15(17(26)24(2)19(23)27)25(11-12-6-5-7-13(20)10-12)18(22-16)21-14-8-3-4-9-14/h5-7,10,14H,3-4,8-9,11H2,1-2H3,(H,21,22). The molecule has 7 nitrogen and oxygen atoms in total. The number of anilines is 1. The van der Waals surface area contributed by atoms with Gasteiger partial charge in [0.25, 0.3) is 5.56 Å². The van der Waals surface area contributed by atoms with E-state index in [2.05, 4.69) is 10.3 Å². The third-order valence-corrected chi connectivity index (χ3v) is 5.50. The van der Waals surface area contributed by atoms with E-state index in [-0.39, 0.29) is 11.2 Å². The summed E-state index contributed by atoms with van der Waals surface area (Å²) in [5, 5.41) is 4.12. The Bertz CT molecular complexity index is 1120. The number of aryl methyl sites for hydroxylation is 1. The van der Waals surface area contributed by atoms with Crippen molar-refractivity contribution in [3.63, 3.8) is 0 Å². The third-order valence-electron chi connectivity index (χ3n) is 5.27. The zero-order valence-electron chi connectivity index (χ0n) is 15.4. The largest absolute Gasteiger partial charge is 0.353 e. The highest BCUT2D eigenvalue weighted by Crippen LogP contribution is 2.25. The van der Waals surface area contributed by atoms with Gasteiger partial charge in [-0.3, -0.25) is 18.5 Å². The molecule has 1 aliphatic rings. The van der Waals surface area contributed by atoms with Gasteiger partial charge in [-0.1, -0.05) is 36.6 Å². The van der Waals surface area contributed by atoms with Crippen molar-refractivity contribution in [2.45, 2.75) is 38.3 Å². The number of nitrogens with zero attached hydrogens (tertiary/aromatic N) is 4. The first-order valence-corrected chi connectivity index (χ1v) is 9.50. The van der Waals surface area contributed by atoms with Crippen LogP contribution in [0.25, 0.3) is 11.2 Å². The van der Waals surface area contributed by atoms with Gasteiger partial charge < -0.3 is 5.32 Å². The summed E-state index contributed by atoms with van der Waals surface area (Å²) >= 11 is 6.13. The Balaban J connectivity index is 1.91. The molecule has 2 aromatic heterocycles. The van der Waals surface area contributed by atoms with E-state index in [0.29, 0.717) is 34.7 Å². The number of imidazole rings is 1. The third kappa shape index (κ3) is 3.16. The lowest BCUT2D eigenvalue weighted by atomic mass is 10.2. The Labute approximate surface area is 161 Å². The maximum absolute atomic E-state index is 12.9. The second-order valence-electron chi connectivity index (χ2n) is 7.16. The molecule has 0 aliphatic heterocycles. The number of fused-ring (bicyclic) bond motifs is 1. The highest BCUT2D eigenvalue weighted by Gasteiger charge is 2.22. The van der Waals surface area contributed by atoms with Gasteiger partial charge in [-0.2, -0.15) is 4.98 Å². The second-order valence-corrected chi connectivity index (χ2v) is 7.59. The molecule has 0 saturated heterocycles. The minimum Gasteiger partial charge on any atom is -0.353 e. The summed E-state index contributed by atoms with van der Waals surface area (Å²) in [6.45, 7) is 0.444. The molecule has 1 aliphatic carbocycles. The van der Waals surface area contributed by atoms with E-state index in [1.54, 1.807) is 7.05 Å². The van der Waals surface area contributed by atoms with Crippen LogP contribution in [0.15, 0.2) is 33.9 Å². The molecule has 142 valence electrons. The molecule has 1 N–H and O–H groups in total. The van der Waals surface area contributed by atoms with Gasteiger partial charge in [0, 0.05) is 25.2 Å². The minimum atomic E-state index is -0.382. The predicted molar refractivity (Wildman–Crippen MR) is 107 cm³/mol. The van der Waals surface area contributed by atoms with Crippen molar-refractivity contribution in [2.75, 3.05) is 5.32 Å². The molecule has 0 amide bonds. The summed E-state index contributed by atoms with van der Waals surface area (Å²) < 4.78 is 4.41. The van der Waals surface area contributed by atoms with E-state index in [9.17, 15) is 9.59 Å².